The second-order valence-electron chi connectivity index (χ2n) is 4.05. The van der Waals surface area contributed by atoms with Crippen molar-refractivity contribution < 1.29 is 5.11 Å². The van der Waals surface area contributed by atoms with Crippen molar-refractivity contribution in [2.75, 3.05) is 0 Å². The fourth-order valence-electron chi connectivity index (χ4n) is 1.86. The second-order valence-corrected chi connectivity index (χ2v) is 4.05. The van der Waals surface area contributed by atoms with Gasteiger partial charge in [0.2, 0.25) is 0 Å². The monoisotopic (exact) mass is 228 g/mol. The van der Waals surface area contributed by atoms with Gasteiger partial charge < -0.3 is 10.1 Å². The van der Waals surface area contributed by atoms with Crippen molar-refractivity contribution in [2.45, 2.75) is 6.92 Å². The summed E-state index contributed by atoms with van der Waals surface area (Å²) in [6, 6.07) is 5.08. The van der Waals surface area contributed by atoms with Crippen molar-refractivity contribution >= 4 is 11.0 Å². The molecular formula is C12H12N4O. The first-order valence-electron chi connectivity index (χ1n) is 5.33. The molecule has 3 aromatic rings. The molecule has 0 atom stereocenters. The molecule has 0 aliphatic heterocycles. The zero-order valence-corrected chi connectivity index (χ0v) is 9.60. The van der Waals surface area contributed by atoms with Gasteiger partial charge in [-0.25, -0.2) is 4.98 Å². The number of hydrogen-bond donors (Lipinski definition) is 2. The maximum absolute atomic E-state index is 9.40. The fourth-order valence-corrected chi connectivity index (χ4v) is 1.86. The third kappa shape index (κ3) is 1.47. The molecule has 5 nitrogen and oxygen atoms in total. The van der Waals surface area contributed by atoms with Crippen LogP contribution in [0, 0.1) is 6.92 Å². The number of rotatable bonds is 1. The Labute approximate surface area is 97.7 Å². The first kappa shape index (κ1) is 9.89. The van der Waals surface area contributed by atoms with E-state index in [9.17, 15) is 5.11 Å². The van der Waals surface area contributed by atoms with Gasteiger partial charge in [-0.15, -0.1) is 0 Å². The number of fused-ring (bicyclic) bond motifs is 1. The summed E-state index contributed by atoms with van der Waals surface area (Å²) >= 11 is 0. The fraction of sp³-hybridized carbons (Fsp3) is 0.167. The van der Waals surface area contributed by atoms with E-state index in [1.165, 1.54) is 0 Å². The molecule has 0 radical (unpaired) electrons. The van der Waals surface area contributed by atoms with Gasteiger partial charge in [0, 0.05) is 18.8 Å². The van der Waals surface area contributed by atoms with E-state index in [0.29, 0.717) is 0 Å². The van der Waals surface area contributed by atoms with Gasteiger partial charge >= 0.3 is 0 Å². The van der Waals surface area contributed by atoms with Crippen LogP contribution in [0.4, 0.5) is 0 Å². The van der Waals surface area contributed by atoms with Gasteiger partial charge in [0.25, 0.3) is 0 Å². The van der Waals surface area contributed by atoms with Crippen LogP contribution in [0.25, 0.3) is 22.4 Å². The number of aromatic amines is 1. The Morgan fingerprint density at radius 2 is 2.18 bits per heavy atom. The van der Waals surface area contributed by atoms with Gasteiger partial charge in [0.15, 0.2) is 0 Å². The number of aromatic nitrogens is 4. The average molecular weight is 228 g/mol. The molecule has 0 aliphatic rings. The number of phenolic OH excluding ortho intramolecular Hbond substituents is 1. The van der Waals surface area contributed by atoms with Crippen LogP contribution in [0.5, 0.6) is 5.75 Å². The third-order valence-corrected chi connectivity index (χ3v) is 2.96. The van der Waals surface area contributed by atoms with Gasteiger partial charge in [-0.2, -0.15) is 5.10 Å². The summed E-state index contributed by atoms with van der Waals surface area (Å²) in [6.45, 7) is 1.99. The number of nitrogens with zero attached hydrogens (tertiary/aromatic N) is 3. The summed E-state index contributed by atoms with van der Waals surface area (Å²) in [6.07, 6.45) is 1.78. The van der Waals surface area contributed by atoms with Crippen LogP contribution in [-0.2, 0) is 7.05 Å². The maximum atomic E-state index is 9.40. The molecule has 0 fully saturated rings. The molecule has 86 valence electrons. The number of phenols is 1. The molecule has 2 heterocycles. The first-order chi connectivity index (χ1) is 8.15. The lowest BCUT2D eigenvalue weighted by Crippen LogP contribution is -1.92. The van der Waals surface area contributed by atoms with Crippen LogP contribution in [0.2, 0.25) is 0 Å². The number of aryl methyl sites for hydroxylation is 1. The molecule has 2 aromatic heterocycles. The molecule has 3 rings (SSSR count). The molecule has 0 bridgehead atoms. The standard InChI is InChI=1S/C12H12N4O/c1-7-9(6-13-16(7)2)12-14-10-4-3-8(17)5-11(10)15-12/h3-6,17H,1-2H3,(H,14,15). The topological polar surface area (TPSA) is 66.7 Å². The smallest absolute Gasteiger partial charge is 0.141 e. The lowest BCUT2D eigenvalue weighted by atomic mass is 10.2. The Kier molecular flexibility index (Phi) is 1.95. The minimum atomic E-state index is 0.232. The number of hydrogen-bond acceptors (Lipinski definition) is 3. The second kappa shape index (κ2) is 3.35. The van der Waals surface area contributed by atoms with Crippen molar-refractivity contribution in [2.24, 2.45) is 7.05 Å². The predicted octanol–water partition coefficient (Wildman–Crippen LogP) is 1.98. The van der Waals surface area contributed by atoms with Crippen LogP contribution in [-0.4, -0.2) is 24.9 Å². The van der Waals surface area contributed by atoms with Crippen molar-refractivity contribution in [3.63, 3.8) is 0 Å². The van der Waals surface area contributed by atoms with E-state index in [4.69, 9.17) is 0 Å². The Balaban J connectivity index is 2.21. The van der Waals surface area contributed by atoms with E-state index in [0.717, 1.165) is 28.1 Å². The molecule has 0 spiro atoms. The highest BCUT2D eigenvalue weighted by atomic mass is 16.3. The average Bonchev–Trinajstić information content (AvgIpc) is 2.83. The normalized spacial score (nSPS) is 11.2. The number of benzene rings is 1. The molecule has 2 N–H and O–H groups in total. The summed E-state index contributed by atoms with van der Waals surface area (Å²) < 4.78 is 1.81. The van der Waals surface area contributed by atoms with Gasteiger partial charge in [0.1, 0.15) is 11.6 Å². The summed E-state index contributed by atoms with van der Waals surface area (Å²) in [7, 11) is 1.90. The molecule has 1 aromatic carbocycles. The van der Waals surface area contributed by atoms with Crippen molar-refractivity contribution in [3.8, 4) is 17.1 Å². The van der Waals surface area contributed by atoms with Crippen molar-refractivity contribution in [1.82, 2.24) is 19.7 Å². The van der Waals surface area contributed by atoms with E-state index >= 15 is 0 Å². The minimum Gasteiger partial charge on any atom is -0.508 e. The molecule has 0 saturated heterocycles. The zero-order valence-electron chi connectivity index (χ0n) is 9.60. The maximum Gasteiger partial charge on any atom is 0.141 e. The Morgan fingerprint density at radius 3 is 2.88 bits per heavy atom. The predicted molar refractivity (Wildman–Crippen MR) is 64.7 cm³/mol. The van der Waals surface area contributed by atoms with E-state index in [-0.39, 0.29) is 5.75 Å². The molecule has 0 amide bonds. The van der Waals surface area contributed by atoms with Gasteiger partial charge in [0.05, 0.1) is 22.8 Å². The summed E-state index contributed by atoms with van der Waals surface area (Å²) in [5, 5.41) is 13.6. The van der Waals surface area contributed by atoms with E-state index in [1.54, 1.807) is 29.1 Å². The van der Waals surface area contributed by atoms with Gasteiger partial charge in [-0.3, -0.25) is 4.68 Å². The highest BCUT2D eigenvalue weighted by molar-refractivity contribution is 5.80. The number of H-pyrrole nitrogens is 1. The summed E-state index contributed by atoms with van der Waals surface area (Å²) in [5.41, 5.74) is 3.68. The Morgan fingerprint density at radius 1 is 1.35 bits per heavy atom. The van der Waals surface area contributed by atoms with Crippen LogP contribution < -0.4 is 0 Å². The third-order valence-electron chi connectivity index (χ3n) is 2.96. The SMILES string of the molecule is Cc1c(-c2nc3ccc(O)cc3[nH]2)cnn1C. The Bertz CT molecular complexity index is 696. The van der Waals surface area contributed by atoms with Crippen molar-refractivity contribution in [1.29, 1.82) is 0 Å². The lowest BCUT2D eigenvalue weighted by Gasteiger charge is -1.95. The number of aromatic hydroxyl groups is 1. The van der Waals surface area contributed by atoms with Crippen LogP contribution >= 0.6 is 0 Å². The first-order valence-corrected chi connectivity index (χ1v) is 5.33. The van der Waals surface area contributed by atoms with Crippen LogP contribution in [0.15, 0.2) is 24.4 Å². The highest BCUT2D eigenvalue weighted by Crippen LogP contribution is 2.24. The molecule has 0 aliphatic carbocycles. The zero-order chi connectivity index (χ0) is 12.0. The molecular weight excluding hydrogens is 216 g/mol. The largest absolute Gasteiger partial charge is 0.508 e. The summed E-state index contributed by atoms with van der Waals surface area (Å²) in [5.74, 6) is 1.01. The molecule has 17 heavy (non-hydrogen) atoms. The number of imidazole rings is 1. The van der Waals surface area contributed by atoms with Gasteiger partial charge in [-0.1, -0.05) is 0 Å². The summed E-state index contributed by atoms with van der Waals surface area (Å²) in [4.78, 5) is 7.66. The van der Waals surface area contributed by atoms with E-state index < -0.39 is 0 Å². The van der Waals surface area contributed by atoms with E-state index in [2.05, 4.69) is 15.1 Å². The lowest BCUT2D eigenvalue weighted by molar-refractivity contribution is 0.476. The van der Waals surface area contributed by atoms with Crippen molar-refractivity contribution in [3.05, 3.63) is 30.1 Å². The van der Waals surface area contributed by atoms with Crippen LogP contribution in [0.3, 0.4) is 0 Å². The molecule has 0 unspecified atom stereocenters. The quantitative estimate of drug-likeness (QED) is 0.669. The number of nitrogens with one attached hydrogen (secondary N) is 1. The molecule has 5 heteroatoms. The van der Waals surface area contributed by atoms with E-state index in [1.807, 2.05) is 14.0 Å². The highest BCUT2D eigenvalue weighted by Gasteiger charge is 2.11. The van der Waals surface area contributed by atoms with Crippen LogP contribution in [0.1, 0.15) is 5.69 Å². The molecule has 0 saturated carbocycles. The van der Waals surface area contributed by atoms with Gasteiger partial charge in [-0.05, 0) is 19.1 Å². The minimum absolute atomic E-state index is 0.232. The Hall–Kier alpha value is -2.30.